The number of nitrogens with zero attached hydrogens (tertiary/aromatic N) is 1. The monoisotopic (exact) mass is 453 g/mol. The largest absolute Gasteiger partial charge is 0.465 e. The van der Waals surface area contributed by atoms with Crippen LogP contribution < -0.4 is 11.3 Å². The molecule has 3 N–H and O–H groups in total. The van der Waals surface area contributed by atoms with Crippen LogP contribution in [0.3, 0.4) is 0 Å². The van der Waals surface area contributed by atoms with Crippen molar-refractivity contribution in [1.29, 1.82) is 0 Å². The van der Waals surface area contributed by atoms with Crippen LogP contribution in [0.25, 0.3) is 10.2 Å². The minimum Gasteiger partial charge on any atom is -0.465 e. The molecule has 0 fully saturated rings. The molecule has 0 bridgehead atoms. The van der Waals surface area contributed by atoms with E-state index < -0.39 is 11.9 Å². The van der Waals surface area contributed by atoms with Crippen molar-refractivity contribution in [3.63, 3.8) is 0 Å². The second-order valence-electron chi connectivity index (χ2n) is 6.10. The van der Waals surface area contributed by atoms with E-state index in [1.165, 1.54) is 37.3 Å². The predicted molar refractivity (Wildman–Crippen MR) is 116 cm³/mol. The molecule has 8 nitrogen and oxygen atoms in total. The van der Waals surface area contributed by atoms with Crippen molar-refractivity contribution in [2.75, 3.05) is 20.0 Å². The maximum absolute atomic E-state index is 12.4. The maximum atomic E-state index is 12.4. The molecule has 0 unspecified atom stereocenters. The van der Waals surface area contributed by atoms with Gasteiger partial charge in [0.25, 0.3) is 5.56 Å². The van der Waals surface area contributed by atoms with Crippen molar-refractivity contribution in [3.8, 4) is 0 Å². The van der Waals surface area contributed by atoms with E-state index in [1.54, 1.807) is 0 Å². The number of fused-ring (bicyclic) bond motifs is 1. The topological polar surface area (TPSA) is 124 Å². The van der Waals surface area contributed by atoms with Gasteiger partial charge in [-0.1, -0.05) is 0 Å². The number of esters is 2. The number of thiophene rings is 2. The van der Waals surface area contributed by atoms with Crippen molar-refractivity contribution in [2.45, 2.75) is 25.4 Å². The van der Waals surface area contributed by atoms with Crippen LogP contribution in [0.5, 0.6) is 0 Å². The van der Waals surface area contributed by atoms with Gasteiger partial charge in [-0.05, 0) is 19.4 Å². The number of carbonyl (C=O) groups excluding carboxylic acids is 2. The van der Waals surface area contributed by atoms with Crippen molar-refractivity contribution in [3.05, 3.63) is 42.6 Å². The van der Waals surface area contributed by atoms with Gasteiger partial charge in [0.2, 0.25) is 0 Å². The first kappa shape index (κ1) is 21.3. The lowest BCUT2D eigenvalue weighted by atomic mass is 10.1. The van der Waals surface area contributed by atoms with Crippen molar-refractivity contribution in [1.82, 2.24) is 9.97 Å². The van der Waals surface area contributed by atoms with Crippen LogP contribution >= 0.6 is 34.4 Å². The van der Waals surface area contributed by atoms with Gasteiger partial charge in [-0.15, -0.1) is 34.4 Å². The molecule has 0 spiro atoms. The summed E-state index contributed by atoms with van der Waals surface area (Å²) < 4.78 is 9.59. The molecule has 0 aliphatic heterocycles. The molecular formula is C18H19N3O5S3. The molecule has 0 saturated carbocycles. The van der Waals surface area contributed by atoms with Crippen LogP contribution in [0.1, 0.15) is 41.9 Å². The molecule has 11 heteroatoms. The van der Waals surface area contributed by atoms with Gasteiger partial charge in [0.15, 0.2) is 0 Å². The number of hydrogen-bond acceptors (Lipinski definition) is 10. The molecular weight excluding hydrogens is 434 g/mol. The lowest BCUT2D eigenvalue weighted by Gasteiger charge is -2.06. The van der Waals surface area contributed by atoms with E-state index >= 15 is 0 Å². The molecule has 154 valence electrons. The number of rotatable bonds is 6. The van der Waals surface area contributed by atoms with E-state index in [1.807, 2.05) is 13.8 Å². The van der Waals surface area contributed by atoms with Gasteiger partial charge < -0.3 is 20.2 Å². The molecule has 0 aliphatic rings. The van der Waals surface area contributed by atoms with E-state index in [9.17, 15) is 14.4 Å². The number of nitrogens with one attached hydrogen (secondary N) is 1. The summed E-state index contributed by atoms with van der Waals surface area (Å²) in [5.74, 6) is 0.0356. The highest BCUT2D eigenvalue weighted by atomic mass is 32.2. The quantitative estimate of drug-likeness (QED) is 0.545. The highest BCUT2D eigenvalue weighted by Gasteiger charge is 2.27. The fraction of sp³-hybridized carbons (Fsp3) is 0.333. The first-order valence-electron chi connectivity index (χ1n) is 8.42. The Hall–Kier alpha value is -2.37. The summed E-state index contributed by atoms with van der Waals surface area (Å²) in [4.78, 5) is 46.0. The van der Waals surface area contributed by atoms with Gasteiger partial charge in [0, 0.05) is 16.2 Å². The maximum Gasteiger partial charge on any atom is 0.348 e. The van der Waals surface area contributed by atoms with Crippen molar-refractivity contribution >= 4 is 61.6 Å². The number of thioether (sulfide) groups is 1. The first-order valence-corrected chi connectivity index (χ1v) is 11.2. The molecule has 3 aromatic rings. The number of anilines is 1. The van der Waals surface area contributed by atoms with Crippen molar-refractivity contribution < 1.29 is 19.1 Å². The van der Waals surface area contributed by atoms with E-state index in [4.69, 9.17) is 15.2 Å². The van der Waals surface area contributed by atoms with E-state index in [2.05, 4.69) is 9.97 Å². The average Bonchev–Trinajstić information content (AvgIpc) is 3.17. The third kappa shape index (κ3) is 4.02. The number of ether oxygens (including phenoxy) is 2. The molecule has 0 saturated heterocycles. The van der Waals surface area contributed by atoms with Gasteiger partial charge >= 0.3 is 11.9 Å². The van der Waals surface area contributed by atoms with Gasteiger partial charge in [-0.2, -0.15) is 0 Å². The van der Waals surface area contributed by atoms with E-state index in [-0.39, 0.29) is 21.0 Å². The average molecular weight is 454 g/mol. The smallest absolute Gasteiger partial charge is 0.348 e. The Kier molecular flexibility index (Phi) is 6.30. The summed E-state index contributed by atoms with van der Waals surface area (Å²) in [6.07, 6.45) is 0. The zero-order valence-electron chi connectivity index (χ0n) is 16.2. The summed E-state index contributed by atoms with van der Waals surface area (Å²) >= 11 is 3.86. The fourth-order valence-electron chi connectivity index (χ4n) is 2.82. The molecule has 0 amide bonds. The molecule has 3 aromatic heterocycles. The number of nitrogen functional groups attached to an aromatic ring is 1. The van der Waals surface area contributed by atoms with Crippen molar-refractivity contribution in [2.24, 2.45) is 0 Å². The minimum atomic E-state index is -0.609. The number of aromatic nitrogens is 2. The Morgan fingerprint density at radius 2 is 1.83 bits per heavy atom. The number of methoxy groups -OCH3 is 2. The summed E-state index contributed by atoms with van der Waals surface area (Å²) in [6, 6.07) is 0. The van der Waals surface area contributed by atoms with Crippen LogP contribution in [-0.4, -0.2) is 36.1 Å². The number of aromatic amines is 1. The molecule has 0 aromatic carbocycles. The number of hydrogen-bond donors (Lipinski definition) is 2. The fourth-order valence-corrected chi connectivity index (χ4v) is 5.88. The molecule has 29 heavy (non-hydrogen) atoms. The van der Waals surface area contributed by atoms with Crippen LogP contribution in [0.4, 0.5) is 5.00 Å². The zero-order chi connectivity index (χ0) is 21.3. The third-order valence-electron chi connectivity index (χ3n) is 4.37. The summed E-state index contributed by atoms with van der Waals surface area (Å²) in [7, 11) is 2.52. The highest BCUT2D eigenvalue weighted by molar-refractivity contribution is 7.97. The SMILES string of the molecule is COC(=O)c1sc(N)c(C(=O)OC)c1CSCc1nc2sc(C)c(C)c2c(=O)[nH]1. The summed E-state index contributed by atoms with van der Waals surface area (Å²) in [5, 5.41) is 0.818. The normalized spacial score (nSPS) is 11.0. The lowest BCUT2D eigenvalue weighted by Crippen LogP contribution is -2.11. The second-order valence-corrected chi connectivity index (χ2v) is 9.34. The van der Waals surface area contributed by atoms with Gasteiger partial charge in [-0.3, -0.25) is 4.79 Å². The minimum absolute atomic E-state index is 0.169. The number of H-pyrrole nitrogens is 1. The Morgan fingerprint density at radius 3 is 2.48 bits per heavy atom. The number of aryl methyl sites for hydroxylation is 2. The second kappa shape index (κ2) is 8.56. The number of carbonyl (C=O) groups is 2. The standard InChI is InChI=1S/C18H19N3O5S3/c1-7-8(2)28-16-11(7)15(22)20-10(21-16)6-27-5-9-12(17(23)25-3)14(19)29-13(9)18(24)26-4/h5-6,19H2,1-4H3,(H,20,21,22). The van der Waals surface area contributed by atoms with Crippen LogP contribution in [-0.2, 0) is 21.0 Å². The predicted octanol–water partition coefficient (Wildman–Crippen LogP) is 3.25. The van der Waals surface area contributed by atoms with E-state index in [0.717, 1.165) is 21.8 Å². The van der Waals surface area contributed by atoms with Crippen LogP contribution in [0.2, 0.25) is 0 Å². The Labute approximate surface area is 178 Å². The molecule has 3 heterocycles. The van der Waals surface area contributed by atoms with E-state index in [0.29, 0.717) is 33.1 Å². The van der Waals surface area contributed by atoms with Crippen LogP contribution in [0, 0.1) is 13.8 Å². The molecule has 3 rings (SSSR count). The summed E-state index contributed by atoms with van der Waals surface area (Å²) in [5.41, 5.74) is 7.34. The highest BCUT2D eigenvalue weighted by Crippen LogP contribution is 2.35. The van der Waals surface area contributed by atoms with Gasteiger partial charge in [0.1, 0.15) is 20.5 Å². The Morgan fingerprint density at radius 1 is 1.14 bits per heavy atom. The lowest BCUT2D eigenvalue weighted by molar-refractivity contribution is 0.0601. The molecule has 0 atom stereocenters. The first-order chi connectivity index (χ1) is 13.8. The van der Waals surface area contributed by atoms with Crippen LogP contribution in [0.15, 0.2) is 4.79 Å². The number of nitrogens with two attached hydrogens (primary N) is 1. The Balaban J connectivity index is 1.87. The molecule has 0 aliphatic carbocycles. The Bertz CT molecular complexity index is 1160. The summed E-state index contributed by atoms with van der Waals surface area (Å²) in [6.45, 7) is 3.86. The van der Waals surface area contributed by atoms with Gasteiger partial charge in [-0.25, -0.2) is 14.6 Å². The third-order valence-corrected chi connectivity index (χ3v) is 7.48. The zero-order valence-corrected chi connectivity index (χ0v) is 18.7. The van der Waals surface area contributed by atoms with Gasteiger partial charge in [0.05, 0.1) is 30.9 Å². The molecule has 0 radical (unpaired) electrons.